The zero-order chi connectivity index (χ0) is 14.7. The number of nitrogens with two attached hydrogens (primary N) is 1. The third-order valence-corrected chi connectivity index (χ3v) is 3.12. The van der Waals surface area contributed by atoms with Crippen molar-refractivity contribution in [3.8, 4) is 23.0 Å². The lowest BCUT2D eigenvalue weighted by Crippen LogP contribution is -2.10. The van der Waals surface area contributed by atoms with Gasteiger partial charge >= 0.3 is 0 Å². The van der Waals surface area contributed by atoms with Crippen molar-refractivity contribution in [3.63, 3.8) is 0 Å². The van der Waals surface area contributed by atoms with Gasteiger partial charge in [-0.25, -0.2) is 0 Å². The fourth-order valence-electron chi connectivity index (χ4n) is 2.08. The number of hydrogen-bond acceptors (Lipinski definition) is 5. The van der Waals surface area contributed by atoms with Crippen LogP contribution in [0.2, 0.25) is 0 Å². The molecule has 0 saturated carbocycles. The average Bonchev–Trinajstić information content (AvgIpc) is 2.93. The Balaban J connectivity index is 1.50. The summed E-state index contributed by atoms with van der Waals surface area (Å²) in [6, 6.07) is 11.2. The van der Waals surface area contributed by atoms with E-state index in [1.54, 1.807) is 0 Å². The highest BCUT2D eigenvalue weighted by Crippen LogP contribution is 2.35. The molecule has 5 heteroatoms. The largest absolute Gasteiger partial charge is 0.490 e. The van der Waals surface area contributed by atoms with Crippen molar-refractivity contribution in [2.45, 2.75) is 6.92 Å². The summed E-state index contributed by atoms with van der Waals surface area (Å²) in [4.78, 5) is 0. The van der Waals surface area contributed by atoms with Gasteiger partial charge < -0.3 is 24.7 Å². The van der Waals surface area contributed by atoms with Crippen molar-refractivity contribution < 1.29 is 18.9 Å². The predicted octanol–water partition coefficient (Wildman–Crippen LogP) is 2.76. The average molecular weight is 287 g/mol. The molecule has 0 bridgehead atoms. The molecule has 3 rings (SSSR count). The lowest BCUT2D eigenvalue weighted by Gasteiger charge is -2.10. The maximum Gasteiger partial charge on any atom is 0.231 e. The molecule has 0 atom stereocenters. The Morgan fingerprint density at radius 3 is 2.67 bits per heavy atom. The highest BCUT2D eigenvalue weighted by atomic mass is 16.7. The fourth-order valence-corrected chi connectivity index (χ4v) is 2.08. The predicted molar refractivity (Wildman–Crippen MR) is 79.1 cm³/mol. The summed E-state index contributed by atoms with van der Waals surface area (Å²) in [5, 5.41) is 0. The normalized spacial score (nSPS) is 12.2. The van der Waals surface area contributed by atoms with Gasteiger partial charge in [0.2, 0.25) is 6.79 Å². The number of hydrogen-bond donors (Lipinski definition) is 1. The van der Waals surface area contributed by atoms with Crippen molar-refractivity contribution in [3.05, 3.63) is 42.0 Å². The van der Waals surface area contributed by atoms with Crippen molar-refractivity contribution in [1.82, 2.24) is 0 Å². The van der Waals surface area contributed by atoms with Gasteiger partial charge in [-0.15, -0.1) is 0 Å². The van der Waals surface area contributed by atoms with E-state index in [0.29, 0.717) is 30.4 Å². The van der Waals surface area contributed by atoms with Crippen LogP contribution in [0.4, 0.5) is 5.69 Å². The van der Waals surface area contributed by atoms with E-state index in [-0.39, 0.29) is 6.79 Å². The van der Waals surface area contributed by atoms with Gasteiger partial charge in [-0.2, -0.15) is 0 Å². The quantitative estimate of drug-likeness (QED) is 0.676. The van der Waals surface area contributed by atoms with Gasteiger partial charge in [0.05, 0.1) is 5.69 Å². The van der Waals surface area contributed by atoms with Crippen molar-refractivity contribution >= 4 is 5.69 Å². The Morgan fingerprint density at radius 1 is 1.00 bits per heavy atom. The first-order valence-electron chi connectivity index (χ1n) is 6.74. The third kappa shape index (κ3) is 3.13. The van der Waals surface area contributed by atoms with Gasteiger partial charge in [0.25, 0.3) is 0 Å². The number of aryl methyl sites for hydroxylation is 1. The topological polar surface area (TPSA) is 62.9 Å². The summed E-state index contributed by atoms with van der Waals surface area (Å²) in [7, 11) is 0. The number of ether oxygens (including phenoxy) is 4. The molecule has 5 nitrogen and oxygen atoms in total. The van der Waals surface area contributed by atoms with Gasteiger partial charge in [-0.3, -0.25) is 0 Å². The lowest BCUT2D eigenvalue weighted by molar-refractivity contribution is 0.173. The zero-order valence-electron chi connectivity index (χ0n) is 11.8. The summed E-state index contributed by atoms with van der Waals surface area (Å²) in [5.74, 6) is 2.84. The van der Waals surface area contributed by atoms with E-state index < -0.39 is 0 Å². The maximum atomic E-state index is 5.88. The van der Waals surface area contributed by atoms with Gasteiger partial charge in [-0.05, 0) is 36.8 Å². The monoisotopic (exact) mass is 287 g/mol. The zero-order valence-corrected chi connectivity index (χ0v) is 11.8. The molecule has 110 valence electrons. The second-order valence-electron chi connectivity index (χ2n) is 4.75. The molecule has 0 spiro atoms. The molecule has 1 heterocycles. The number of fused-ring (bicyclic) bond motifs is 1. The Labute approximate surface area is 123 Å². The van der Waals surface area contributed by atoms with Crippen LogP contribution < -0.4 is 24.7 Å². The van der Waals surface area contributed by atoms with Crippen molar-refractivity contribution in [1.29, 1.82) is 0 Å². The molecule has 21 heavy (non-hydrogen) atoms. The Bertz CT molecular complexity index is 642. The van der Waals surface area contributed by atoms with Gasteiger partial charge in [0.15, 0.2) is 11.5 Å². The van der Waals surface area contributed by atoms with E-state index in [2.05, 4.69) is 0 Å². The first-order chi connectivity index (χ1) is 10.2. The van der Waals surface area contributed by atoms with Crippen LogP contribution in [0.3, 0.4) is 0 Å². The summed E-state index contributed by atoms with van der Waals surface area (Å²) in [6.07, 6.45) is 0. The second-order valence-corrected chi connectivity index (χ2v) is 4.75. The molecule has 2 aromatic carbocycles. The van der Waals surface area contributed by atoms with Crippen LogP contribution in [-0.2, 0) is 0 Å². The highest BCUT2D eigenvalue weighted by Gasteiger charge is 2.13. The molecule has 0 saturated heterocycles. The molecule has 0 aliphatic carbocycles. The molecular formula is C16H17NO4. The van der Waals surface area contributed by atoms with E-state index >= 15 is 0 Å². The maximum absolute atomic E-state index is 5.88. The fraction of sp³-hybridized carbons (Fsp3) is 0.250. The molecule has 2 N–H and O–H groups in total. The van der Waals surface area contributed by atoms with Gasteiger partial charge in [-0.1, -0.05) is 6.07 Å². The second kappa shape index (κ2) is 5.83. The Morgan fingerprint density at radius 2 is 1.81 bits per heavy atom. The molecule has 0 radical (unpaired) electrons. The summed E-state index contributed by atoms with van der Waals surface area (Å²) >= 11 is 0. The van der Waals surface area contributed by atoms with Crippen LogP contribution in [0.5, 0.6) is 23.0 Å². The van der Waals surface area contributed by atoms with E-state index in [9.17, 15) is 0 Å². The van der Waals surface area contributed by atoms with Crippen molar-refractivity contribution in [2.75, 3.05) is 25.7 Å². The molecule has 0 fully saturated rings. The standard InChI is InChI=1S/C16H17NO4/c1-11-2-4-14(13(17)8-11)19-7-6-18-12-3-5-15-16(9-12)21-10-20-15/h2-5,8-9H,6-7,10,17H2,1H3. The molecule has 0 amide bonds. The number of benzene rings is 2. The smallest absolute Gasteiger partial charge is 0.231 e. The van der Waals surface area contributed by atoms with Crippen LogP contribution >= 0.6 is 0 Å². The van der Waals surface area contributed by atoms with E-state index in [1.807, 2.05) is 43.3 Å². The van der Waals surface area contributed by atoms with Gasteiger partial charge in [0.1, 0.15) is 24.7 Å². The molecule has 1 aliphatic heterocycles. The SMILES string of the molecule is Cc1ccc(OCCOc2ccc3c(c2)OCO3)c(N)c1. The van der Waals surface area contributed by atoms with Crippen LogP contribution in [0, 0.1) is 6.92 Å². The van der Waals surface area contributed by atoms with E-state index in [0.717, 1.165) is 17.1 Å². The van der Waals surface area contributed by atoms with E-state index in [1.165, 1.54) is 0 Å². The number of anilines is 1. The minimum atomic E-state index is 0.259. The third-order valence-electron chi connectivity index (χ3n) is 3.12. The molecule has 0 unspecified atom stereocenters. The highest BCUT2D eigenvalue weighted by molar-refractivity contribution is 5.54. The number of rotatable bonds is 5. The lowest BCUT2D eigenvalue weighted by atomic mass is 10.2. The summed E-state index contributed by atoms with van der Waals surface area (Å²) < 4.78 is 21.8. The summed E-state index contributed by atoms with van der Waals surface area (Å²) in [6.45, 7) is 3.09. The minimum Gasteiger partial charge on any atom is -0.490 e. The Kier molecular flexibility index (Phi) is 3.73. The first kappa shape index (κ1) is 13.4. The first-order valence-corrected chi connectivity index (χ1v) is 6.74. The minimum absolute atomic E-state index is 0.259. The van der Waals surface area contributed by atoms with Crippen LogP contribution in [-0.4, -0.2) is 20.0 Å². The number of nitrogen functional groups attached to an aromatic ring is 1. The van der Waals surface area contributed by atoms with Crippen LogP contribution in [0.25, 0.3) is 0 Å². The van der Waals surface area contributed by atoms with E-state index in [4.69, 9.17) is 24.7 Å². The summed E-state index contributed by atoms with van der Waals surface area (Å²) in [5.41, 5.74) is 7.62. The molecular weight excluding hydrogens is 270 g/mol. The Hall–Kier alpha value is -2.56. The molecule has 1 aliphatic rings. The molecule has 2 aromatic rings. The van der Waals surface area contributed by atoms with Gasteiger partial charge in [0, 0.05) is 6.07 Å². The molecule has 0 aromatic heterocycles. The van der Waals surface area contributed by atoms with Crippen LogP contribution in [0.1, 0.15) is 5.56 Å². The van der Waals surface area contributed by atoms with Crippen LogP contribution in [0.15, 0.2) is 36.4 Å². The van der Waals surface area contributed by atoms with Crippen molar-refractivity contribution in [2.24, 2.45) is 0 Å².